The quantitative estimate of drug-likeness (QED) is 0.331. The Morgan fingerprint density at radius 1 is 0.733 bits per heavy atom. The third-order valence-electron chi connectivity index (χ3n) is 4.77. The molecule has 30 heavy (non-hydrogen) atoms. The number of anilines is 2. The molecule has 0 aliphatic rings. The fourth-order valence-electron chi connectivity index (χ4n) is 3.27. The van der Waals surface area contributed by atoms with E-state index in [1.54, 1.807) is 11.3 Å². The van der Waals surface area contributed by atoms with Crippen LogP contribution >= 0.6 is 22.9 Å². The summed E-state index contributed by atoms with van der Waals surface area (Å²) in [6.45, 7) is 2.11. The lowest BCUT2D eigenvalue weighted by Crippen LogP contribution is -1.97. The predicted molar refractivity (Wildman–Crippen MR) is 126 cm³/mol. The zero-order chi connectivity index (χ0) is 20.5. The monoisotopic (exact) mass is 428 g/mol. The number of hydrogen-bond donors (Lipinski definition) is 1. The van der Waals surface area contributed by atoms with Gasteiger partial charge < -0.3 is 5.32 Å². The molecular weight excluding hydrogens is 412 g/mol. The van der Waals surface area contributed by atoms with Crippen molar-refractivity contribution >= 4 is 45.5 Å². The minimum Gasteiger partial charge on any atom is -0.338 e. The van der Waals surface area contributed by atoms with Gasteiger partial charge in [0.1, 0.15) is 5.01 Å². The lowest BCUT2D eigenvalue weighted by atomic mass is 10.1. The lowest BCUT2D eigenvalue weighted by molar-refractivity contribution is 1.28. The second kappa shape index (κ2) is 7.86. The van der Waals surface area contributed by atoms with Gasteiger partial charge in [0, 0.05) is 21.7 Å². The first kappa shape index (κ1) is 18.7. The molecule has 0 bridgehead atoms. The molecule has 4 nitrogen and oxygen atoms in total. The number of nitrogens with zero attached hydrogens (tertiary/aromatic N) is 3. The molecule has 2 aromatic heterocycles. The Bertz CT molecular complexity index is 1330. The van der Waals surface area contributed by atoms with Crippen LogP contribution < -0.4 is 5.32 Å². The molecule has 146 valence electrons. The first-order chi connectivity index (χ1) is 14.7. The third kappa shape index (κ3) is 3.65. The van der Waals surface area contributed by atoms with Crippen LogP contribution in [0.3, 0.4) is 0 Å². The molecule has 0 saturated heterocycles. The molecule has 5 rings (SSSR count). The van der Waals surface area contributed by atoms with Gasteiger partial charge in [-0.3, -0.25) is 0 Å². The molecule has 0 amide bonds. The van der Waals surface area contributed by atoms with Gasteiger partial charge in [0.15, 0.2) is 11.0 Å². The van der Waals surface area contributed by atoms with Crippen LogP contribution in [0.2, 0.25) is 5.15 Å². The highest BCUT2D eigenvalue weighted by atomic mass is 35.5. The maximum absolute atomic E-state index is 6.32. The molecule has 2 heterocycles. The van der Waals surface area contributed by atoms with E-state index in [2.05, 4.69) is 46.5 Å². The van der Waals surface area contributed by atoms with E-state index in [0.717, 1.165) is 38.5 Å². The zero-order valence-electron chi connectivity index (χ0n) is 16.1. The normalized spacial score (nSPS) is 11.0. The van der Waals surface area contributed by atoms with Gasteiger partial charge >= 0.3 is 0 Å². The van der Waals surface area contributed by atoms with E-state index in [0.29, 0.717) is 11.0 Å². The fourth-order valence-corrected chi connectivity index (χ4v) is 4.40. The number of rotatable bonds is 4. The smallest absolute Gasteiger partial charge is 0.172 e. The molecule has 6 heteroatoms. The highest BCUT2D eigenvalue weighted by molar-refractivity contribution is 7.15. The van der Waals surface area contributed by atoms with Gasteiger partial charge in [0.05, 0.1) is 16.7 Å². The summed E-state index contributed by atoms with van der Waals surface area (Å²) in [5.74, 6) is 0.541. The van der Waals surface area contributed by atoms with Crippen LogP contribution in [0.5, 0.6) is 0 Å². The summed E-state index contributed by atoms with van der Waals surface area (Å²) in [7, 11) is 0. The summed E-state index contributed by atoms with van der Waals surface area (Å²) in [5, 5.41) is 4.64. The molecule has 0 radical (unpaired) electrons. The van der Waals surface area contributed by atoms with E-state index in [4.69, 9.17) is 16.6 Å². The number of nitrogens with one attached hydrogen (secondary N) is 1. The molecule has 0 unspecified atom stereocenters. The maximum atomic E-state index is 6.32. The Labute approximate surface area is 183 Å². The summed E-state index contributed by atoms with van der Waals surface area (Å²) < 4.78 is 0. The Balaban J connectivity index is 1.41. The third-order valence-corrected chi connectivity index (χ3v) is 6.05. The number of halogens is 1. The predicted octanol–water partition coefficient (Wildman–Crippen LogP) is 7.13. The van der Waals surface area contributed by atoms with Crippen molar-refractivity contribution in [1.82, 2.24) is 15.0 Å². The van der Waals surface area contributed by atoms with Gasteiger partial charge in [0.25, 0.3) is 0 Å². The van der Waals surface area contributed by atoms with Crippen molar-refractivity contribution in [3.63, 3.8) is 0 Å². The SMILES string of the molecule is Cc1sc(-c2ccccc2)nc1-c1ccc(Nc2nc3ccccc3nc2Cl)cc1. The van der Waals surface area contributed by atoms with Crippen molar-refractivity contribution in [2.45, 2.75) is 6.92 Å². The highest BCUT2D eigenvalue weighted by Gasteiger charge is 2.12. The zero-order valence-corrected chi connectivity index (χ0v) is 17.7. The number of thiazole rings is 1. The summed E-state index contributed by atoms with van der Waals surface area (Å²) in [4.78, 5) is 15.1. The van der Waals surface area contributed by atoms with Crippen LogP contribution in [0.1, 0.15) is 4.88 Å². The summed E-state index contributed by atoms with van der Waals surface area (Å²) in [6, 6.07) is 26.0. The van der Waals surface area contributed by atoms with Gasteiger partial charge in [-0.15, -0.1) is 11.3 Å². The van der Waals surface area contributed by atoms with E-state index in [-0.39, 0.29) is 0 Å². The van der Waals surface area contributed by atoms with E-state index in [1.807, 2.05) is 54.6 Å². The standard InChI is InChI=1S/C24H17ClN4S/c1-15-21(29-24(30-15)17-7-3-2-4-8-17)16-11-13-18(14-12-16)26-23-22(25)27-19-9-5-6-10-20(19)28-23/h2-14H,1H3,(H,26,28). The second-order valence-electron chi connectivity index (χ2n) is 6.84. The average Bonchev–Trinajstić information content (AvgIpc) is 3.17. The Kier molecular flexibility index (Phi) is 4.91. The summed E-state index contributed by atoms with van der Waals surface area (Å²) in [5.41, 5.74) is 5.69. The minimum atomic E-state index is 0.348. The first-order valence-corrected chi connectivity index (χ1v) is 10.7. The van der Waals surface area contributed by atoms with Crippen LogP contribution in [0, 0.1) is 6.92 Å². The van der Waals surface area contributed by atoms with Crippen molar-refractivity contribution in [2.75, 3.05) is 5.32 Å². The molecule has 0 atom stereocenters. The number of fused-ring (bicyclic) bond motifs is 1. The maximum Gasteiger partial charge on any atom is 0.172 e. The molecular formula is C24H17ClN4S. The number of benzene rings is 3. The van der Waals surface area contributed by atoms with E-state index in [1.165, 1.54) is 4.88 Å². The van der Waals surface area contributed by atoms with Crippen LogP contribution in [0.15, 0.2) is 78.9 Å². The van der Waals surface area contributed by atoms with Crippen molar-refractivity contribution in [2.24, 2.45) is 0 Å². The van der Waals surface area contributed by atoms with E-state index < -0.39 is 0 Å². The van der Waals surface area contributed by atoms with Gasteiger partial charge in [-0.05, 0) is 31.2 Å². The van der Waals surface area contributed by atoms with Gasteiger partial charge in [-0.1, -0.05) is 66.2 Å². The van der Waals surface area contributed by atoms with Crippen LogP contribution in [-0.2, 0) is 0 Å². The number of aromatic nitrogens is 3. The molecule has 5 aromatic rings. The Hall–Kier alpha value is -3.28. The highest BCUT2D eigenvalue weighted by Crippen LogP contribution is 2.34. The van der Waals surface area contributed by atoms with Crippen molar-refractivity contribution in [3.05, 3.63) is 88.9 Å². The minimum absolute atomic E-state index is 0.348. The Morgan fingerprint density at radius 2 is 1.40 bits per heavy atom. The first-order valence-electron chi connectivity index (χ1n) is 9.50. The van der Waals surface area contributed by atoms with Crippen molar-refractivity contribution in [1.29, 1.82) is 0 Å². The number of para-hydroxylation sites is 2. The van der Waals surface area contributed by atoms with Gasteiger partial charge in [-0.25, -0.2) is 15.0 Å². The largest absolute Gasteiger partial charge is 0.338 e. The molecule has 3 aromatic carbocycles. The number of hydrogen-bond acceptors (Lipinski definition) is 5. The van der Waals surface area contributed by atoms with Crippen LogP contribution in [0.4, 0.5) is 11.5 Å². The van der Waals surface area contributed by atoms with Crippen molar-refractivity contribution in [3.8, 4) is 21.8 Å². The molecule has 0 fully saturated rings. The molecule has 0 aliphatic heterocycles. The molecule has 1 N–H and O–H groups in total. The van der Waals surface area contributed by atoms with E-state index in [9.17, 15) is 0 Å². The summed E-state index contributed by atoms with van der Waals surface area (Å²) >= 11 is 8.03. The topological polar surface area (TPSA) is 50.7 Å². The van der Waals surface area contributed by atoms with Crippen molar-refractivity contribution < 1.29 is 0 Å². The molecule has 0 saturated carbocycles. The Morgan fingerprint density at radius 3 is 2.13 bits per heavy atom. The number of aryl methyl sites for hydroxylation is 1. The second-order valence-corrected chi connectivity index (χ2v) is 8.41. The lowest BCUT2D eigenvalue weighted by Gasteiger charge is -2.09. The van der Waals surface area contributed by atoms with Crippen LogP contribution in [0.25, 0.3) is 32.9 Å². The van der Waals surface area contributed by atoms with E-state index >= 15 is 0 Å². The van der Waals surface area contributed by atoms with Gasteiger partial charge in [0.2, 0.25) is 0 Å². The average molecular weight is 429 g/mol. The summed E-state index contributed by atoms with van der Waals surface area (Å²) in [6.07, 6.45) is 0. The molecule has 0 spiro atoms. The fraction of sp³-hybridized carbons (Fsp3) is 0.0417. The van der Waals surface area contributed by atoms with Gasteiger partial charge in [-0.2, -0.15) is 0 Å². The van der Waals surface area contributed by atoms with Crippen LogP contribution in [-0.4, -0.2) is 15.0 Å². The molecule has 0 aliphatic carbocycles.